The maximum atomic E-state index is 12.7. The summed E-state index contributed by atoms with van der Waals surface area (Å²) < 4.78 is 0. The molecule has 0 saturated carbocycles. The first-order valence-electron chi connectivity index (χ1n) is 9.12. The largest absolute Gasteiger partial charge is 0.389 e. The zero-order valence-corrected chi connectivity index (χ0v) is 15.5. The predicted molar refractivity (Wildman–Crippen MR) is 103 cm³/mol. The van der Waals surface area contributed by atoms with Gasteiger partial charge in [-0.05, 0) is 37.1 Å². The van der Waals surface area contributed by atoms with Crippen molar-refractivity contribution in [3.05, 3.63) is 70.8 Å². The Balaban J connectivity index is 1.54. The van der Waals surface area contributed by atoms with Crippen molar-refractivity contribution < 1.29 is 14.7 Å². The lowest BCUT2D eigenvalue weighted by molar-refractivity contribution is -0.114. The molecule has 1 N–H and O–H groups in total. The molecule has 1 aromatic rings. The van der Waals surface area contributed by atoms with Crippen molar-refractivity contribution in [3.8, 4) is 0 Å². The molecular weight excluding hydrogens is 340 g/mol. The molecule has 5 heteroatoms. The van der Waals surface area contributed by atoms with E-state index in [1.807, 2.05) is 48.6 Å². The number of rotatable bonds is 4. The number of carbonyl (C=O) groups excluding carboxylic acids is 2. The highest BCUT2D eigenvalue weighted by Crippen LogP contribution is 2.27. The highest BCUT2D eigenvalue weighted by atomic mass is 16.3. The SMILES string of the molecule is CC(C)(O)CN1Cc2ccc(CC3=CC4C=CC=CC4=NC3=O)cc2C1=O. The Bertz CT molecular complexity index is 945. The summed E-state index contributed by atoms with van der Waals surface area (Å²) in [6, 6.07) is 5.77. The lowest BCUT2D eigenvalue weighted by Gasteiger charge is -2.24. The Morgan fingerprint density at radius 1 is 1.26 bits per heavy atom. The van der Waals surface area contributed by atoms with Gasteiger partial charge in [-0.15, -0.1) is 0 Å². The number of allylic oxidation sites excluding steroid dienone is 5. The predicted octanol–water partition coefficient (Wildman–Crippen LogP) is 2.61. The van der Waals surface area contributed by atoms with Crippen molar-refractivity contribution in [1.29, 1.82) is 0 Å². The molecule has 3 aliphatic rings. The summed E-state index contributed by atoms with van der Waals surface area (Å²) >= 11 is 0. The van der Waals surface area contributed by atoms with E-state index in [1.165, 1.54) is 0 Å². The van der Waals surface area contributed by atoms with Gasteiger partial charge < -0.3 is 10.0 Å². The second-order valence-electron chi connectivity index (χ2n) is 7.95. The number of fused-ring (bicyclic) bond motifs is 2. The van der Waals surface area contributed by atoms with Crippen molar-refractivity contribution in [1.82, 2.24) is 4.90 Å². The van der Waals surface area contributed by atoms with E-state index in [-0.39, 0.29) is 17.7 Å². The molecule has 2 heterocycles. The monoisotopic (exact) mass is 362 g/mol. The second kappa shape index (κ2) is 6.43. The van der Waals surface area contributed by atoms with E-state index in [9.17, 15) is 14.7 Å². The number of carbonyl (C=O) groups is 2. The topological polar surface area (TPSA) is 70.0 Å². The molecule has 0 bridgehead atoms. The molecule has 2 amide bonds. The van der Waals surface area contributed by atoms with Crippen LogP contribution in [0.1, 0.15) is 35.3 Å². The van der Waals surface area contributed by atoms with E-state index >= 15 is 0 Å². The molecule has 1 aromatic carbocycles. The first-order chi connectivity index (χ1) is 12.8. The van der Waals surface area contributed by atoms with Gasteiger partial charge in [0.15, 0.2) is 0 Å². The zero-order valence-electron chi connectivity index (χ0n) is 15.5. The Hall–Kier alpha value is -2.79. The summed E-state index contributed by atoms with van der Waals surface area (Å²) in [5.74, 6) is -0.240. The third kappa shape index (κ3) is 3.55. The molecule has 138 valence electrons. The summed E-state index contributed by atoms with van der Waals surface area (Å²) in [6.07, 6.45) is 10.1. The Kier molecular flexibility index (Phi) is 4.19. The Labute approximate surface area is 158 Å². The summed E-state index contributed by atoms with van der Waals surface area (Å²) in [7, 11) is 0. The van der Waals surface area contributed by atoms with Crippen molar-refractivity contribution in [2.75, 3.05) is 6.54 Å². The molecule has 1 unspecified atom stereocenters. The average molecular weight is 362 g/mol. The molecule has 5 nitrogen and oxygen atoms in total. The maximum absolute atomic E-state index is 12.7. The number of aliphatic imine (C=N–C) groups is 1. The van der Waals surface area contributed by atoms with Crippen molar-refractivity contribution >= 4 is 17.5 Å². The lowest BCUT2D eigenvalue weighted by atomic mass is 9.90. The Morgan fingerprint density at radius 3 is 2.85 bits per heavy atom. The van der Waals surface area contributed by atoms with Crippen LogP contribution in [0.3, 0.4) is 0 Å². The average Bonchev–Trinajstić information content (AvgIpc) is 2.90. The Morgan fingerprint density at radius 2 is 2.07 bits per heavy atom. The van der Waals surface area contributed by atoms with Crippen LogP contribution in [0.2, 0.25) is 0 Å². The maximum Gasteiger partial charge on any atom is 0.273 e. The van der Waals surface area contributed by atoms with Gasteiger partial charge in [-0.25, -0.2) is 4.99 Å². The third-order valence-corrected chi connectivity index (χ3v) is 4.95. The van der Waals surface area contributed by atoms with Gasteiger partial charge in [-0.3, -0.25) is 9.59 Å². The van der Waals surface area contributed by atoms with Crippen LogP contribution < -0.4 is 0 Å². The number of dihydropyridines is 1. The number of hydrogen-bond acceptors (Lipinski definition) is 3. The van der Waals surface area contributed by atoms with Gasteiger partial charge in [0.1, 0.15) is 0 Å². The van der Waals surface area contributed by atoms with Gasteiger partial charge in [0.2, 0.25) is 0 Å². The summed E-state index contributed by atoms with van der Waals surface area (Å²) in [6.45, 7) is 4.19. The fourth-order valence-corrected chi connectivity index (χ4v) is 3.75. The smallest absolute Gasteiger partial charge is 0.273 e. The minimum absolute atomic E-state index is 0.0426. The molecule has 0 fully saturated rings. The number of amides is 2. The van der Waals surface area contributed by atoms with Gasteiger partial charge in [0, 0.05) is 36.6 Å². The number of β-amino-alcohol motifs (C(OH)–C–C–N with tert-alkyl or cyclic N) is 1. The molecule has 0 aromatic heterocycles. The van der Waals surface area contributed by atoms with Crippen LogP contribution in [0.5, 0.6) is 0 Å². The minimum Gasteiger partial charge on any atom is -0.389 e. The highest BCUT2D eigenvalue weighted by molar-refractivity contribution is 6.13. The molecule has 0 radical (unpaired) electrons. The second-order valence-corrected chi connectivity index (χ2v) is 7.95. The van der Waals surface area contributed by atoms with Gasteiger partial charge in [-0.2, -0.15) is 0 Å². The summed E-state index contributed by atoms with van der Waals surface area (Å²) in [5, 5.41) is 10.0. The molecule has 27 heavy (non-hydrogen) atoms. The fraction of sp³-hybridized carbons (Fsp3) is 0.318. The first-order valence-corrected chi connectivity index (χ1v) is 9.12. The van der Waals surface area contributed by atoms with Gasteiger partial charge >= 0.3 is 0 Å². The number of nitrogens with zero attached hydrogens (tertiary/aromatic N) is 2. The van der Waals surface area contributed by atoms with Gasteiger partial charge in [-0.1, -0.05) is 36.4 Å². The molecular formula is C22H22N2O3. The molecule has 0 saturated heterocycles. The number of hydrogen-bond donors (Lipinski definition) is 1. The molecule has 1 aliphatic carbocycles. The van der Waals surface area contributed by atoms with E-state index in [2.05, 4.69) is 4.99 Å². The normalized spacial score (nSPS) is 21.1. The van der Waals surface area contributed by atoms with Crippen LogP contribution in [0.4, 0.5) is 0 Å². The van der Waals surface area contributed by atoms with E-state index in [0.29, 0.717) is 30.6 Å². The fourth-order valence-electron chi connectivity index (χ4n) is 3.75. The summed E-state index contributed by atoms with van der Waals surface area (Å²) in [5.41, 5.74) is 3.03. The van der Waals surface area contributed by atoms with Gasteiger partial charge in [0.05, 0.1) is 11.3 Å². The number of aliphatic hydroxyl groups is 1. The van der Waals surface area contributed by atoms with E-state index in [4.69, 9.17) is 0 Å². The first kappa shape index (κ1) is 17.6. The van der Waals surface area contributed by atoms with Crippen molar-refractivity contribution in [2.45, 2.75) is 32.4 Å². The minimum atomic E-state index is -0.933. The standard InChI is InChI=1S/C22H22N2O3/c1-22(2,27)13-24-12-16-8-7-14(10-18(16)21(24)26)9-17-11-15-5-3-4-6-19(15)23-20(17)25/h3-8,10-11,15,27H,9,12-13H2,1-2H3. The summed E-state index contributed by atoms with van der Waals surface area (Å²) in [4.78, 5) is 30.9. The molecule has 0 spiro atoms. The van der Waals surface area contributed by atoms with Crippen LogP contribution in [0.15, 0.2) is 59.1 Å². The van der Waals surface area contributed by atoms with E-state index in [0.717, 1.165) is 16.8 Å². The van der Waals surface area contributed by atoms with Crippen LogP contribution in [0.25, 0.3) is 0 Å². The molecule has 1 atom stereocenters. The van der Waals surface area contributed by atoms with E-state index < -0.39 is 5.60 Å². The molecule has 2 aliphatic heterocycles. The molecule has 4 rings (SSSR count). The number of benzene rings is 1. The lowest BCUT2D eigenvalue weighted by Crippen LogP contribution is -2.38. The van der Waals surface area contributed by atoms with Crippen LogP contribution >= 0.6 is 0 Å². The van der Waals surface area contributed by atoms with Crippen LogP contribution in [0, 0.1) is 5.92 Å². The van der Waals surface area contributed by atoms with Gasteiger partial charge in [0.25, 0.3) is 11.8 Å². The quantitative estimate of drug-likeness (QED) is 0.895. The van der Waals surface area contributed by atoms with E-state index in [1.54, 1.807) is 18.7 Å². The van der Waals surface area contributed by atoms with Crippen LogP contribution in [-0.4, -0.2) is 39.7 Å². The third-order valence-electron chi connectivity index (χ3n) is 4.95. The highest BCUT2D eigenvalue weighted by Gasteiger charge is 2.31. The zero-order chi connectivity index (χ0) is 19.2. The van der Waals surface area contributed by atoms with Crippen molar-refractivity contribution in [2.24, 2.45) is 10.9 Å². The van der Waals surface area contributed by atoms with Crippen LogP contribution in [-0.2, 0) is 17.8 Å². The van der Waals surface area contributed by atoms with Crippen molar-refractivity contribution in [3.63, 3.8) is 0 Å².